The van der Waals surface area contributed by atoms with Crippen LogP contribution in [0.4, 0.5) is 0 Å². The molecule has 23 heavy (non-hydrogen) atoms. The van der Waals surface area contributed by atoms with Crippen LogP contribution in [0.1, 0.15) is 70.6 Å². The summed E-state index contributed by atoms with van der Waals surface area (Å²) < 4.78 is 0. The van der Waals surface area contributed by atoms with Gasteiger partial charge in [0.15, 0.2) is 0 Å². The predicted octanol–water partition coefficient (Wildman–Crippen LogP) is 4.12. The Morgan fingerprint density at radius 2 is 1.04 bits per heavy atom. The van der Waals surface area contributed by atoms with Crippen LogP contribution in [0.15, 0.2) is 0 Å². The molecule has 0 aromatic rings. The van der Waals surface area contributed by atoms with Gasteiger partial charge in [-0.2, -0.15) is 0 Å². The minimum atomic E-state index is -1.07. The summed E-state index contributed by atoms with van der Waals surface area (Å²) in [5.74, 6) is 7.61. The Hall–Kier alpha value is -0.0151. The summed E-state index contributed by atoms with van der Waals surface area (Å²) >= 11 is 0. The highest BCUT2D eigenvalue weighted by Gasteiger charge is 2.59. The van der Waals surface area contributed by atoms with Crippen LogP contribution in [0.2, 0.25) is 5.82 Å². The van der Waals surface area contributed by atoms with E-state index < -0.39 is 7.12 Å². The molecule has 0 aromatic heterocycles. The molecule has 0 heterocycles. The SMILES string of the molecule is OB(O)C1CCC2C3CCCC4CCCC(C5CCCC1C52)C43. The summed E-state index contributed by atoms with van der Waals surface area (Å²) in [5.41, 5.74) is 0. The maximum absolute atomic E-state index is 9.94. The molecule has 0 radical (unpaired) electrons. The Balaban J connectivity index is 1.52. The van der Waals surface area contributed by atoms with Crippen LogP contribution in [0.5, 0.6) is 0 Å². The zero-order valence-electron chi connectivity index (χ0n) is 14.4. The van der Waals surface area contributed by atoms with E-state index in [4.69, 9.17) is 0 Å². The molecule has 0 amide bonds. The lowest BCUT2D eigenvalue weighted by molar-refractivity contribution is -0.138. The van der Waals surface area contributed by atoms with Crippen molar-refractivity contribution in [1.29, 1.82) is 0 Å². The van der Waals surface area contributed by atoms with E-state index in [0.29, 0.717) is 5.92 Å². The quantitative estimate of drug-likeness (QED) is 0.715. The normalized spacial score (nSPS) is 54.8. The first-order valence-corrected chi connectivity index (χ1v) is 10.6. The van der Waals surface area contributed by atoms with E-state index >= 15 is 0 Å². The summed E-state index contributed by atoms with van der Waals surface area (Å²) in [6.07, 6.45) is 15.4. The summed E-state index contributed by atoms with van der Waals surface area (Å²) in [4.78, 5) is 0. The standard InChI is InChI=1S/C20H33BO2/c22-21(23)18-11-10-16-14-7-2-5-12-4-1-6-13(19(12)14)15-8-3-9-17(18)20(15)16/h12-20,22-23H,1-11H2. The highest BCUT2D eigenvalue weighted by molar-refractivity contribution is 6.43. The van der Waals surface area contributed by atoms with Gasteiger partial charge in [0.25, 0.3) is 0 Å². The van der Waals surface area contributed by atoms with Gasteiger partial charge < -0.3 is 10.0 Å². The van der Waals surface area contributed by atoms with Crippen LogP contribution < -0.4 is 0 Å². The topological polar surface area (TPSA) is 40.5 Å². The fourth-order valence-corrected chi connectivity index (χ4v) is 8.75. The van der Waals surface area contributed by atoms with E-state index in [9.17, 15) is 10.0 Å². The summed E-state index contributed by atoms with van der Waals surface area (Å²) in [6, 6.07) is 0. The molecule has 2 nitrogen and oxygen atoms in total. The Kier molecular flexibility index (Phi) is 3.82. The van der Waals surface area contributed by atoms with Crippen LogP contribution in [0.25, 0.3) is 0 Å². The maximum Gasteiger partial charge on any atom is 0.455 e. The minimum absolute atomic E-state index is 0.179. The molecule has 5 saturated carbocycles. The van der Waals surface area contributed by atoms with Crippen LogP contribution in [-0.2, 0) is 0 Å². The molecule has 5 aliphatic carbocycles. The van der Waals surface area contributed by atoms with Crippen molar-refractivity contribution in [1.82, 2.24) is 0 Å². The van der Waals surface area contributed by atoms with Crippen molar-refractivity contribution < 1.29 is 10.0 Å². The average molecular weight is 316 g/mol. The van der Waals surface area contributed by atoms with Crippen molar-refractivity contribution in [3.8, 4) is 0 Å². The molecule has 5 aliphatic rings. The molecule has 9 unspecified atom stereocenters. The van der Waals surface area contributed by atoms with Crippen LogP contribution in [-0.4, -0.2) is 17.2 Å². The molecule has 0 spiro atoms. The highest BCUT2D eigenvalue weighted by atomic mass is 16.4. The molecule has 5 rings (SSSR count). The smallest absolute Gasteiger partial charge is 0.427 e. The van der Waals surface area contributed by atoms with Crippen molar-refractivity contribution in [2.45, 2.75) is 76.4 Å². The maximum atomic E-state index is 9.94. The third-order valence-electron chi connectivity index (χ3n) is 9.18. The zero-order valence-corrected chi connectivity index (χ0v) is 14.4. The monoisotopic (exact) mass is 316 g/mol. The molecule has 128 valence electrons. The van der Waals surface area contributed by atoms with Gasteiger partial charge in [0.1, 0.15) is 0 Å². The third-order valence-corrected chi connectivity index (χ3v) is 9.18. The van der Waals surface area contributed by atoms with Crippen molar-refractivity contribution in [3.63, 3.8) is 0 Å². The molecule has 2 N–H and O–H groups in total. The lowest BCUT2D eigenvalue weighted by atomic mass is 9.39. The van der Waals surface area contributed by atoms with Gasteiger partial charge in [-0.05, 0) is 72.4 Å². The molecule has 0 saturated heterocycles. The van der Waals surface area contributed by atoms with Crippen LogP contribution >= 0.6 is 0 Å². The van der Waals surface area contributed by atoms with E-state index in [2.05, 4.69) is 0 Å². The zero-order chi connectivity index (χ0) is 15.6. The highest BCUT2D eigenvalue weighted by Crippen LogP contribution is 2.66. The van der Waals surface area contributed by atoms with Gasteiger partial charge in [-0.25, -0.2) is 0 Å². The van der Waals surface area contributed by atoms with Gasteiger partial charge in [0.2, 0.25) is 0 Å². The van der Waals surface area contributed by atoms with Crippen LogP contribution in [0, 0.1) is 47.3 Å². The molecule has 5 fully saturated rings. The molecule has 3 heteroatoms. The van der Waals surface area contributed by atoms with Gasteiger partial charge in [-0.1, -0.05) is 51.4 Å². The van der Waals surface area contributed by atoms with E-state index in [0.717, 1.165) is 47.8 Å². The Labute approximate surface area is 141 Å². The van der Waals surface area contributed by atoms with Crippen molar-refractivity contribution in [2.75, 3.05) is 0 Å². The van der Waals surface area contributed by atoms with E-state index in [1.54, 1.807) is 0 Å². The fourth-order valence-electron chi connectivity index (χ4n) is 8.75. The van der Waals surface area contributed by atoms with Gasteiger partial charge in [0, 0.05) is 0 Å². The summed E-state index contributed by atoms with van der Waals surface area (Å²) in [6.45, 7) is 0. The first kappa shape index (κ1) is 15.3. The van der Waals surface area contributed by atoms with Crippen molar-refractivity contribution in [2.24, 2.45) is 47.3 Å². The number of hydrogen-bond donors (Lipinski definition) is 2. The fraction of sp³-hybridized carbons (Fsp3) is 1.00. The lowest BCUT2D eigenvalue weighted by Crippen LogP contribution is -2.57. The second kappa shape index (κ2) is 5.76. The van der Waals surface area contributed by atoms with Gasteiger partial charge in [0.05, 0.1) is 0 Å². The van der Waals surface area contributed by atoms with Crippen LogP contribution in [0.3, 0.4) is 0 Å². The van der Waals surface area contributed by atoms with Crippen molar-refractivity contribution >= 4 is 7.12 Å². The molecular formula is C20H33BO2. The number of fused-ring (bicyclic) bond motifs is 2. The van der Waals surface area contributed by atoms with Crippen molar-refractivity contribution in [3.05, 3.63) is 0 Å². The Morgan fingerprint density at radius 3 is 1.70 bits per heavy atom. The first-order chi connectivity index (χ1) is 11.3. The summed E-state index contributed by atoms with van der Waals surface area (Å²) in [5, 5.41) is 19.9. The largest absolute Gasteiger partial charge is 0.455 e. The molecule has 0 aliphatic heterocycles. The first-order valence-electron chi connectivity index (χ1n) is 10.6. The molecular weight excluding hydrogens is 283 g/mol. The Morgan fingerprint density at radius 1 is 0.522 bits per heavy atom. The second-order valence-electron chi connectivity index (χ2n) is 9.68. The lowest BCUT2D eigenvalue weighted by Gasteiger charge is -2.64. The van der Waals surface area contributed by atoms with Gasteiger partial charge >= 0.3 is 7.12 Å². The minimum Gasteiger partial charge on any atom is -0.427 e. The van der Waals surface area contributed by atoms with E-state index in [1.807, 2.05) is 0 Å². The number of rotatable bonds is 1. The Bertz CT molecular complexity index is 433. The average Bonchev–Trinajstić information content (AvgIpc) is 2.58. The third kappa shape index (κ3) is 2.21. The van der Waals surface area contributed by atoms with E-state index in [-0.39, 0.29) is 5.82 Å². The van der Waals surface area contributed by atoms with Gasteiger partial charge in [-0.15, -0.1) is 0 Å². The van der Waals surface area contributed by atoms with E-state index in [1.165, 1.54) is 64.2 Å². The predicted molar refractivity (Wildman–Crippen MR) is 92.6 cm³/mol. The van der Waals surface area contributed by atoms with Gasteiger partial charge in [-0.3, -0.25) is 0 Å². The summed E-state index contributed by atoms with van der Waals surface area (Å²) in [7, 11) is -1.07. The molecule has 9 atom stereocenters. The molecule has 0 bridgehead atoms. The molecule has 0 aromatic carbocycles. The number of hydrogen-bond acceptors (Lipinski definition) is 2. The second-order valence-corrected chi connectivity index (χ2v) is 9.68.